The van der Waals surface area contributed by atoms with Crippen molar-refractivity contribution in [3.05, 3.63) is 42.0 Å². The molecule has 2 atom stereocenters. The van der Waals surface area contributed by atoms with Crippen molar-refractivity contribution in [2.24, 2.45) is 0 Å². The molecule has 0 unspecified atom stereocenters. The highest BCUT2D eigenvalue weighted by molar-refractivity contribution is 7.92. The van der Waals surface area contributed by atoms with Gasteiger partial charge in [-0.1, -0.05) is 6.07 Å². The molecular formula is C22H28N2O7S. The van der Waals surface area contributed by atoms with Gasteiger partial charge in [0.05, 0.1) is 32.2 Å². The number of nitrogens with zero attached hydrogens (tertiary/aromatic N) is 1. The Morgan fingerprint density at radius 3 is 2.34 bits per heavy atom. The molecule has 0 radical (unpaired) electrons. The first-order valence-electron chi connectivity index (χ1n) is 10.1. The van der Waals surface area contributed by atoms with Gasteiger partial charge in [0.25, 0.3) is 0 Å². The molecule has 9 nitrogen and oxygen atoms in total. The summed E-state index contributed by atoms with van der Waals surface area (Å²) < 4.78 is 48.1. The number of carbonyl (C=O) groups excluding carboxylic acids is 1. The zero-order chi connectivity index (χ0) is 23.5. The molecule has 0 aromatic heterocycles. The van der Waals surface area contributed by atoms with Gasteiger partial charge in [-0.3, -0.25) is 9.10 Å². The Balaban J connectivity index is 1.86. The van der Waals surface area contributed by atoms with Gasteiger partial charge in [0, 0.05) is 6.07 Å². The first kappa shape index (κ1) is 23.5. The lowest BCUT2D eigenvalue weighted by Gasteiger charge is -2.30. The van der Waals surface area contributed by atoms with Gasteiger partial charge in [0.1, 0.15) is 30.8 Å². The van der Waals surface area contributed by atoms with Crippen LogP contribution >= 0.6 is 0 Å². The van der Waals surface area contributed by atoms with Gasteiger partial charge in [-0.2, -0.15) is 0 Å². The van der Waals surface area contributed by atoms with Crippen molar-refractivity contribution in [1.29, 1.82) is 0 Å². The lowest BCUT2D eigenvalue weighted by molar-refractivity contribution is -0.122. The van der Waals surface area contributed by atoms with Crippen LogP contribution in [0.2, 0.25) is 0 Å². The maximum Gasteiger partial charge on any atom is 0.244 e. The van der Waals surface area contributed by atoms with Gasteiger partial charge < -0.3 is 24.3 Å². The van der Waals surface area contributed by atoms with Gasteiger partial charge in [-0.25, -0.2) is 8.42 Å². The number of amides is 1. The van der Waals surface area contributed by atoms with E-state index >= 15 is 0 Å². The third-order valence-corrected chi connectivity index (χ3v) is 6.36. The van der Waals surface area contributed by atoms with E-state index < -0.39 is 28.0 Å². The minimum Gasteiger partial charge on any atom is -0.497 e. The number of rotatable bonds is 8. The van der Waals surface area contributed by atoms with E-state index in [1.165, 1.54) is 27.2 Å². The maximum absolute atomic E-state index is 13.1. The van der Waals surface area contributed by atoms with Gasteiger partial charge in [0.2, 0.25) is 15.9 Å². The molecule has 1 aliphatic heterocycles. The van der Waals surface area contributed by atoms with E-state index in [9.17, 15) is 13.2 Å². The summed E-state index contributed by atoms with van der Waals surface area (Å²) >= 11 is 0. The number of fused-ring (bicyclic) bond motifs is 1. The minimum absolute atomic E-state index is 0.212. The Morgan fingerprint density at radius 2 is 1.72 bits per heavy atom. The van der Waals surface area contributed by atoms with Gasteiger partial charge in [0.15, 0.2) is 11.5 Å². The van der Waals surface area contributed by atoms with Crippen LogP contribution in [0.4, 0.5) is 5.69 Å². The van der Waals surface area contributed by atoms with Crippen LogP contribution in [0.3, 0.4) is 0 Å². The first-order valence-corrected chi connectivity index (χ1v) is 11.9. The van der Waals surface area contributed by atoms with Crippen molar-refractivity contribution in [2.45, 2.75) is 25.9 Å². The molecule has 0 fully saturated rings. The van der Waals surface area contributed by atoms with Crippen LogP contribution in [-0.2, 0) is 14.8 Å². The molecule has 1 heterocycles. The number of carbonyl (C=O) groups is 1. The van der Waals surface area contributed by atoms with Crippen LogP contribution in [-0.4, -0.2) is 54.1 Å². The zero-order valence-electron chi connectivity index (χ0n) is 18.7. The summed E-state index contributed by atoms with van der Waals surface area (Å²) in [4.78, 5) is 13.1. The molecule has 0 saturated heterocycles. The maximum atomic E-state index is 13.1. The Labute approximate surface area is 188 Å². The number of hydrogen-bond donors (Lipinski definition) is 1. The van der Waals surface area contributed by atoms with Crippen molar-refractivity contribution in [3.8, 4) is 23.0 Å². The Kier molecular flexibility index (Phi) is 7.02. The summed E-state index contributed by atoms with van der Waals surface area (Å²) in [5.74, 6) is 1.53. The van der Waals surface area contributed by atoms with Crippen LogP contribution in [0.1, 0.15) is 25.5 Å². The van der Waals surface area contributed by atoms with E-state index in [0.717, 1.165) is 16.1 Å². The lowest BCUT2D eigenvalue weighted by Crippen LogP contribution is -2.48. The van der Waals surface area contributed by atoms with Gasteiger partial charge >= 0.3 is 0 Å². The molecular weight excluding hydrogens is 436 g/mol. The third kappa shape index (κ3) is 5.01. The third-order valence-electron chi connectivity index (χ3n) is 5.14. The Hall–Kier alpha value is -3.14. The lowest BCUT2D eigenvalue weighted by atomic mass is 10.1. The smallest absolute Gasteiger partial charge is 0.244 e. The number of sulfonamides is 1. The fraction of sp³-hybridized carbons (Fsp3) is 0.409. The summed E-state index contributed by atoms with van der Waals surface area (Å²) in [5, 5.41) is 2.88. The van der Waals surface area contributed by atoms with E-state index in [1.54, 1.807) is 18.2 Å². The summed E-state index contributed by atoms with van der Waals surface area (Å²) in [6.45, 7) is 4.28. The Morgan fingerprint density at radius 1 is 1.03 bits per heavy atom. The number of benzene rings is 2. The van der Waals surface area contributed by atoms with Crippen LogP contribution in [0.15, 0.2) is 36.4 Å². The van der Waals surface area contributed by atoms with Gasteiger partial charge in [-0.15, -0.1) is 0 Å². The van der Waals surface area contributed by atoms with E-state index in [0.29, 0.717) is 36.2 Å². The van der Waals surface area contributed by atoms with Crippen LogP contribution < -0.4 is 28.6 Å². The minimum atomic E-state index is -3.83. The summed E-state index contributed by atoms with van der Waals surface area (Å²) in [6, 6.07) is 8.76. The van der Waals surface area contributed by atoms with Crippen molar-refractivity contribution >= 4 is 21.6 Å². The number of hydrogen-bond acceptors (Lipinski definition) is 7. The van der Waals surface area contributed by atoms with Crippen LogP contribution in [0, 0.1) is 0 Å². The predicted molar refractivity (Wildman–Crippen MR) is 120 cm³/mol. The predicted octanol–water partition coefficient (Wildman–Crippen LogP) is 2.51. The number of nitrogens with one attached hydrogen (secondary N) is 1. The van der Waals surface area contributed by atoms with Crippen LogP contribution in [0.5, 0.6) is 23.0 Å². The summed E-state index contributed by atoms with van der Waals surface area (Å²) in [5.41, 5.74) is 1.02. The second kappa shape index (κ2) is 9.56. The molecule has 10 heteroatoms. The highest BCUT2D eigenvalue weighted by Gasteiger charge is 2.32. The molecule has 0 aliphatic carbocycles. The summed E-state index contributed by atoms with van der Waals surface area (Å²) in [6.07, 6.45) is 1.04. The van der Waals surface area contributed by atoms with Crippen molar-refractivity contribution in [2.75, 3.05) is 38.0 Å². The second-order valence-electron chi connectivity index (χ2n) is 7.41. The number of ether oxygens (including phenoxy) is 4. The molecule has 1 aliphatic rings. The van der Waals surface area contributed by atoms with Crippen molar-refractivity contribution in [1.82, 2.24) is 5.32 Å². The normalized spacial score (nSPS) is 14.8. The molecule has 2 aromatic rings. The monoisotopic (exact) mass is 464 g/mol. The highest BCUT2D eigenvalue weighted by atomic mass is 32.2. The molecule has 0 saturated carbocycles. The molecule has 0 bridgehead atoms. The van der Waals surface area contributed by atoms with E-state index in [-0.39, 0.29) is 5.69 Å². The first-order chi connectivity index (χ1) is 15.2. The molecule has 1 N–H and O–H groups in total. The quantitative estimate of drug-likeness (QED) is 0.640. The molecule has 32 heavy (non-hydrogen) atoms. The van der Waals surface area contributed by atoms with E-state index in [2.05, 4.69) is 5.32 Å². The SMILES string of the molecule is COc1ccc(OC)c(N([C@H](C)C(=O)N[C@H](C)c2ccc3c(c2)OCCO3)S(C)(=O)=O)c1. The van der Waals surface area contributed by atoms with Crippen molar-refractivity contribution < 1.29 is 32.2 Å². The highest BCUT2D eigenvalue weighted by Crippen LogP contribution is 2.36. The Bertz CT molecular complexity index is 1090. The number of anilines is 1. The van der Waals surface area contributed by atoms with E-state index in [4.69, 9.17) is 18.9 Å². The van der Waals surface area contributed by atoms with Gasteiger partial charge in [-0.05, 0) is 43.7 Å². The zero-order valence-corrected chi connectivity index (χ0v) is 19.6. The van der Waals surface area contributed by atoms with Crippen molar-refractivity contribution in [3.63, 3.8) is 0 Å². The molecule has 0 spiro atoms. The molecule has 3 rings (SSSR count). The summed E-state index contributed by atoms with van der Waals surface area (Å²) in [7, 11) is -0.927. The average Bonchev–Trinajstić information content (AvgIpc) is 2.77. The topological polar surface area (TPSA) is 103 Å². The second-order valence-corrected chi connectivity index (χ2v) is 9.27. The largest absolute Gasteiger partial charge is 0.497 e. The van der Waals surface area contributed by atoms with Crippen LogP contribution in [0.25, 0.3) is 0 Å². The number of methoxy groups -OCH3 is 2. The fourth-order valence-corrected chi connectivity index (χ4v) is 4.67. The fourth-order valence-electron chi connectivity index (χ4n) is 3.50. The average molecular weight is 465 g/mol. The molecule has 1 amide bonds. The standard InChI is InChI=1S/C22H28N2O7S/c1-14(16-6-8-20-21(12-16)31-11-10-30-20)23-22(25)15(2)24(32(5,26)27)18-13-17(28-3)7-9-19(18)29-4/h6-9,12-15H,10-11H2,1-5H3,(H,23,25)/t14-,15-/m1/s1. The molecule has 174 valence electrons. The van der Waals surface area contributed by atoms with E-state index in [1.807, 2.05) is 19.1 Å². The molecule has 2 aromatic carbocycles.